The van der Waals surface area contributed by atoms with E-state index in [0.29, 0.717) is 10.2 Å². The molecule has 2 rings (SSSR count). The maximum Gasteiger partial charge on any atom is 0.136 e. The highest BCUT2D eigenvalue weighted by molar-refractivity contribution is 6.69. The van der Waals surface area contributed by atoms with E-state index in [4.69, 9.17) is 23.2 Å². The van der Waals surface area contributed by atoms with Crippen LogP contribution in [0.4, 0.5) is 5.69 Å². The zero-order valence-electron chi connectivity index (χ0n) is 9.32. The van der Waals surface area contributed by atoms with Gasteiger partial charge in [0.05, 0.1) is 5.69 Å². The number of aryl methyl sites for hydroxylation is 1. The highest BCUT2D eigenvalue weighted by Crippen LogP contribution is 2.17. The van der Waals surface area contributed by atoms with Gasteiger partial charge in [0.1, 0.15) is 5.17 Å². The Morgan fingerprint density at radius 3 is 2.12 bits per heavy atom. The van der Waals surface area contributed by atoms with Crippen LogP contribution in [0.25, 0.3) is 0 Å². The molecule has 0 saturated heterocycles. The van der Waals surface area contributed by atoms with Crippen LogP contribution in [-0.4, -0.2) is 5.17 Å². The number of hydrogen-bond donors (Lipinski definition) is 0. The van der Waals surface area contributed by atoms with Gasteiger partial charge in [0.15, 0.2) is 0 Å². The van der Waals surface area contributed by atoms with Crippen molar-refractivity contribution in [2.75, 3.05) is 0 Å². The monoisotopic (exact) mass is 263 g/mol. The second-order valence-corrected chi connectivity index (χ2v) is 4.54. The van der Waals surface area contributed by atoms with Crippen LogP contribution in [0.3, 0.4) is 0 Å². The van der Waals surface area contributed by atoms with E-state index in [1.54, 1.807) is 12.1 Å². The van der Waals surface area contributed by atoms with E-state index in [9.17, 15) is 0 Å². The van der Waals surface area contributed by atoms with Crippen molar-refractivity contribution in [3.8, 4) is 0 Å². The van der Waals surface area contributed by atoms with Crippen molar-refractivity contribution < 1.29 is 0 Å². The molecule has 0 fully saturated rings. The lowest BCUT2D eigenvalue weighted by Crippen LogP contribution is -1.89. The third kappa shape index (κ3) is 3.32. The molecule has 2 aromatic carbocycles. The molecule has 0 N–H and O–H groups in total. The molecule has 0 spiro atoms. The minimum Gasteiger partial charge on any atom is -0.236 e. The number of hydrogen-bond acceptors (Lipinski definition) is 1. The summed E-state index contributed by atoms with van der Waals surface area (Å²) >= 11 is 12.0. The number of halogens is 2. The summed E-state index contributed by atoms with van der Waals surface area (Å²) in [6.07, 6.45) is 0. The number of nitrogens with zero attached hydrogens (tertiary/aromatic N) is 1. The summed E-state index contributed by atoms with van der Waals surface area (Å²) in [5.41, 5.74) is 2.90. The van der Waals surface area contributed by atoms with E-state index in [-0.39, 0.29) is 0 Å². The largest absolute Gasteiger partial charge is 0.236 e. The Kier molecular flexibility index (Phi) is 3.82. The minimum atomic E-state index is 0.463. The summed E-state index contributed by atoms with van der Waals surface area (Å²) in [6, 6.07) is 15.2. The first-order valence-corrected chi connectivity index (χ1v) is 5.97. The summed E-state index contributed by atoms with van der Waals surface area (Å²) in [5, 5.41) is 1.15. The van der Waals surface area contributed by atoms with Gasteiger partial charge in [0.25, 0.3) is 0 Å². The maximum atomic E-state index is 6.14. The van der Waals surface area contributed by atoms with Gasteiger partial charge in [0.2, 0.25) is 0 Å². The molecule has 0 heterocycles. The van der Waals surface area contributed by atoms with Gasteiger partial charge in [-0.25, -0.2) is 4.99 Å². The molecule has 17 heavy (non-hydrogen) atoms. The minimum absolute atomic E-state index is 0.463. The van der Waals surface area contributed by atoms with E-state index in [1.807, 2.05) is 43.3 Å². The van der Waals surface area contributed by atoms with E-state index < -0.39 is 0 Å². The molecule has 1 nitrogen and oxygen atoms in total. The smallest absolute Gasteiger partial charge is 0.136 e. The van der Waals surface area contributed by atoms with Gasteiger partial charge in [0, 0.05) is 10.6 Å². The average Bonchev–Trinajstić information content (AvgIpc) is 2.33. The Bertz CT molecular complexity index is 527. The van der Waals surface area contributed by atoms with Crippen molar-refractivity contribution >= 4 is 34.1 Å². The molecular formula is C14H11Cl2N. The quantitative estimate of drug-likeness (QED) is 0.679. The molecule has 0 atom stereocenters. The first-order chi connectivity index (χ1) is 8.15. The fourth-order valence-electron chi connectivity index (χ4n) is 1.38. The van der Waals surface area contributed by atoms with Crippen molar-refractivity contribution in [2.24, 2.45) is 4.99 Å². The number of benzene rings is 2. The van der Waals surface area contributed by atoms with Gasteiger partial charge in [-0.2, -0.15) is 0 Å². The third-order valence-corrected chi connectivity index (χ3v) is 2.90. The summed E-state index contributed by atoms with van der Waals surface area (Å²) in [6.45, 7) is 2.04. The van der Waals surface area contributed by atoms with E-state index >= 15 is 0 Å². The fraction of sp³-hybridized carbons (Fsp3) is 0.0714. The second-order valence-electron chi connectivity index (χ2n) is 3.75. The Hall–Kier alpha value is -1.31. The van der Waals surface area contributed by atoms with Gasteiger partial charge in [-0.3, -0.25) is 0 Å². The van der Waals surface area contributed by atoms with E-state index in [1.165, 1.54) is 5.56 Å². The number of rotatable bonds is 2. The predicted molar refractivity (Wildman–Crippen MR) is 74.7 cm³/mol. The number of aliphatic imine (C=N–C) groups is 1. The molecule has 0 amide bonds. The Morgan fingerprint density at radius 2 is 1.53 bits per heavy atom. The van der Waals surface area contributed by atoms with Crippen LogP contribution >= 0.6 is 23.2 Å². The first kappa shape index (κ1) is 12.2. The second kappa shape index (κ2) is 5.35. The molecule has 0 aromatic heterocycles. The lowest BCUT2D eigenvalue weighted by Gasteiger charge is -2.00. The topological polar surface area (TPSA) is 12.4 Å². The van der Waals surface area contributed by atoms with E-state index in [2.05, 4.69) is 4.99 Å². The Morgan fingerprint density at radius 1 is 0.941 bits per heavy atom. The van der Waals surface area contributed by atoms with Crippen LogP contribution in [0.2, 0.25) is 5.02 Å². The SMILES string of the molecule is Cc1ccc(N=C(Cl)c2ccc(Cl)cc2)cc1. The molecule has 0 saturated carbocycles. The van der Waals surface area contributed by atoms with Crippen molar-refractivity contribution in [3.63, 3.8) is 0 Å². The van der Waals surface area contributed by atoms with Gasteiger partial charge < -0.3 is 0 Å². The molecule has 0 bridgehead atoms. The zero-order valence-corrected chi connectivity index (χ0v) is 10.8. The van der Waals surface area contributed by atoms with Crippen molar-refractivity contribution in [2.45, 2.75) is 6.92 Å². The molecule has 2 aromatic rings. The summed E-state index contributed by atoms with van der Waals surface area (Å²) in [7, 11) is 0. The molecule has 0 radical (unpaired) electrons. The molecule has 3 heteroatoms. The van der Waals surface area contributed by atoms with Crippen LogP contribution < -0.4 is 0 Å². The Balaban J connectivity index is 2.27. The highest BCUT2D eigenvalue weighted by atomic mass is 35.5. The third-order valence-electron chi connectivity index (χ3n) is 2.34. The normalized spacial score (nSPS) is 11.6. The summed E-state index contributed by atoms with van der Waals surface area (Å²) in [5.74, 6) is 0. The van der Waals surface area contributed by atoms with Crippen LogP contribution in [-0.2, 0) is 0 Å². The fourth-order valence-corrected chi connectivity index (χ4v) is 1.73. The molecule has 86 valence electrons. The molecule has 0 aliphatic carbocycles. The molecule has 0 unspecified atom stereocenters. The lowest BCUT2D eigenvalue weighted by molar-refractivity contribution is 1.43. The van der Waals surface area contributed by atoms with Crippen LogP contribution in [0.5, 0.6) is 0 Å². The van der Waals surface area contributed by atoms with Gasteiger partial charge in [-0.05, 0) is 31.2 Å². The predicted octanol–water partition coefficient (Wildman–Crippen LogP) is 4.97. The van der Waals surface area contributed by atoms with Crippen molar-refractivity contribution in [1.82, 2.24) is 0 Å². The van der Waals surface area contributed by atoms with Gasteiger partial charge in [-0.1, -0.05) is 53.0 Å². The molecule has 0 aliphatic rings. The van der Waals surface area contributed by atoms with Gasteiger partial charge >= 0.3 is 0 Å². The first-order valence-electron chi connectivity index (χ1n) is 5.22. The molecular weight excluding hydrogens is 253 g/mol. The summed E-state index contributed by atoms with van der Waals surface area (Å²) < 4.78 is 0. The zero-order chi connectivity index (χ0) is 12.3. The maximum absolute atomic E-state index is 6.14. The van der Waals surface area contributed by atoms with Crippen LogP contribution in [0.15, 0.2) is 53.5 Å². The standard InChI is InChI=1S/C14H11Cl2N/c1-10-2-8-13(9-3-10)17-14(16)11-4-6-12(15)7-5-11/h2-9H,1H3. The van der Waals surface area contributed by atoms with Crippen LogP contribution in [0, 0.1) is 6.92 Å². The highest BCUT2D eigenvalue weighted by Gasteiger charge is 2.00. The summed E-state index contributed by atoms with van der Waals surface area (Å²) in [4.78, 5) is 4.34. The molecule has 0 aliphatic heterocycles. The van der Waals surface area contributed by atoms with E-state index in [0.717, 1.165) is 11.3 Å². The van der Waals surface area contributed by atoms with Crippen molar-refractivity contribution in [1.29, 1.82) is 0 Å². The Labute approximate surface area is 111 Å². The average molecular weight is 264 g/mol. The van der Waals surface area contributed by atoms with Gasteiger partial charge in [-0.15, -0.1) is 0 Å². The van der Waals surface area contributed by atoms with Crippen molar-refractivity contribution in [3.05, 3.63) is 64.7 Å². The lowest BCUT2D eigenvalue weighted by atomic mass is 10.2. The van der Waals surface area contributed by atoms with Crippen LogP contribution in [0.1, 0.15) is 11.1 Å².